The van der Waals surface area contributed by atoms with Gasteiger partial charge in [0.2, 0.25) is 5.91 Å². The summed E-state index contributed by atoms with van der Waals surface area (Å²) in [6.07, 6.45) is 0. The van der Waals surface area contributed by atoms with Gasteiger partial charge in [-0.1, -0.05) is 68.4 Å². The Morgan fingerprint density at radius 1 is 0.950 bits per heavy atom. The molecule has 0 unspecified atom stereocenters. The first kappa shape index (κ1) is 28.3. The molecule has 1 heterocycles. The maximum Gasteiger partial charge on any atom is 0.273 e. The summed E-state index contributed by atoms with van der Waals surface area (Å²) >= 11 is 0.766. The zero-order chi connectivity index (χ0) is 28.8. The minimum absolute atomic E-state index is 0.0103. The van der Waals surface area contributed by atoms with E-state index in [2.05, 4.69) is 23.5 Å². The highest BCUT2D eigenvalue weighted by molar-refractivity contribution is 7.09. The molecular formula is C30H31N5O4S. The number of hydrogen-bond donors (Lipinski definition) is 3. The third kappa shape index (κ3) is 6.13. The van der Waals surface area contributed by atoms with E-state index in [0.717, 1.165) is 22.7 Å². The van der Waals surface area contributed by atoms with Crippen molar-refractivity contribution in [1.82, 2.24) is 9.69 Å². The fraction of sp³-hybridized carbons (Fsp3) is 0.200. The van der Waals surface area contributed by atoms with Crippen molar-refractivity contribution < 1.29 is 19.1 Å². The number of nitrogen functional groups attached to an aromatic ring is 1. The molecule has 10 heteroatoms. The van der Waals surface area contributed by atoms with E-state index < -0.39 is 23.8 Å². The van der Waals surface area contributed by atoms with Crippen molar-refractivity contribution >= 4 is 40.6 Å². The SMILES string of the molecule is COc1ccc([C@H](C(=O)NCc2ccccc2)N(C(=O)c2snc(C(N)=O)c2N)c2ccc(C(C)C)cc2)cc1. The Hall–Kier alpha value is -4.70. The summed E-state index contributed by atoms with van der Waals surface area (Å²) in [5, 5.41) is 2.97. The molecule has 0 aliphatic heterocycles. The molecule has 1 atom stereocenters. The van der Waals surface area contributed by atoms with Crippen LogP contribution in [-0.4, -0.2) is 29.2 Å². The maximum absolute atomic E-state index is 14.2. The van der Waals surface area contributed by atoms with Crippen LogP contribution in [0.15, 0.2) is 78.9 Å². The number of nitrogens with zero attached hydrogens (tertiary/aromatic N) is 2. The molecule has 1 aromatic heterocycles. The summed E-state index contributed by atoms with van der Waals surface area (Å²) in [6, 6.07) is 22.7. The van der Waals surface area contributed by atoms with E-state index >= 15 is 0 Å². The lowest BCUT2D eigenvalue weighted by molar-refractivity contribution is -0.122. The third-order valence-electron chi connectivity index (χ3n) is 6.46. The van der Waals surface area contributed by atoms with E-state index in [1.165, 1.54) is 4.90 Å². The van der Waals surface area contributed by atoms with Crippen LogP contribution in [0.25, 0.3) is 0 Å². The number of nitrogens with one attached hydrogen (secondary N) is 1. The van der Waals surface area contributed by atoms with Gasteiger partial charge >= 0.3 is 0 Å². The van der Waals surface area contributed by atoms with Gasteiger partial charge in [-0.2, -0.15) is 4.37 Å². The summed E-state index contributed by atoms with van der Waals surface area (Å²) in [6.45, 7) is 4.39. The second-order valence-corrected chi connectivity index (χ2v) is 10.2. The number of carbonyl (C=O) groups excluding carboxylic acids is 3. The van der Waals surface area contributed by atoms with Crippen LogP contribution in [0.4, 0.5) is 11.4 Å². The fourth-order valence-electron chi connectivity index (χ4n) is 4.23. The number of aromatic nitrogens is 1. The number of amides is 3. The molecule has 0 fully saturated rings. The van der Waals surface area contributed by atoms with Gasteiger partial charge in [0.05, 0.1) is 12.8 Å². The monoisotopic (exact) mass is 557 g/mol. The number of nitrogens with two attached hydrogens (primary N) is 2. The van der Waals surface area contributed by atoms with Crippen molar-refractivity contribution in [2.45, 2.75) is 32.4 Å². The van der Waals surface area contributed by atoms with Gasteiger partial charge in [0, 0.05) is 12.2 Å². The van der Waals surface area contributed by atoms with Gasteiger partial charge in [-0.15, -0.1) is 0 Å². The molecule has 0 spiro atoms. The molecule has 0 bridgehead atoms. The van der Waals surface area contributed by atoms with Crippen LogP contribution in [0.3, 0.4) is 0 Å². The van der Waals surface area contributed by atoms with E-state index in [1.807, 2.05) is 42.5 Å². The second kappa shape index (κ2) is 12.4. The predicted octanol–water partition coefficient (Wildman–Crippen LogP) is 4.66. The number of ether oxygens (including phenoxy) is 1. The quantitative estimate of drug-likeness (QED) is 0.259. The highest BCUT2D eigenvalue weighted by atomic mass is 32.1. The highest BCUT2D eigenvalue weighted by Crippen LogP contribution is 2.34. The molecule has 40 heavy (non-hydrogen) atoms. The molecule has 3 amide bonds. The summed E-state index contributed by atoms with van der Waals surface area (Å²) < 4.78 is 9.31. The predicted molar refractivity (Wildman–Crippen MR) is 156 cm³/mol. The van der Waals surface area contributed by atoms with E-state index in [9.17, 15) is 14.4 Å². The smallest absolute Gasteiger partial charge is 0.273 e. The van der Waals surface area contributed by atoms with Crippen molar-refractivity contribution in [3.05, 3.63) is 106 Å². The first-order valence-electron chi connectivity index (χ1n) is 12.6. The molecule has 4 aromatic rings. The van der Waals surface area contributed by atoms with Gasteiger partial charge in [-0.05, 0) is 58.4 Å². The lowest BCUT2D eigenvalue weighted by atomic mass is 10.00. The van der Waals surface area contributed by atoms with Gasteiger partial charge in [-0.25, -0.2) is 0 Å². The molecule has 5 N–H and O–H groups in total. The van der Waals surface area contributed by atoms with E-state index in [1.54, 1.807) is 43.5 Å². The summed E-state index contributed by atoms with van der Waals surface area (Å²) in [5.41, 5.74) is 14.2. The molecule has 0 radical (unpaired) electrons. The van der Waals surface area contributed by atoms with Gasteiger partial charge in [0.1, 0.15) is 16.7 Å². The van der Waals surface area contributed by atoms with Gasteiger partial charge in [0.15, 0.2) is 5.69 Å². The number of primary amides is 1. The van der Waals surface area contributed by atoms with Gasteiger partial charge < -0.3 is 21.5 Å². The Bertz CT molecular complexity index is 1490. The Morgan fingerprint density at radius 3 is 2.12 bits per heavy atom. The standard InChI is InChI=1S/C30H31N5O4S/c1-18(2)20-9-13-22(14-10-20)35(30(38)27-24(31)25(28(32)36)34-40-27)26(21-11-15-23(39-3)16-12-21)29(37)33-17-19-7-5-4-6-8-19/h4-16,18,26H,17,31H2,1-3H3,(H2,32,36)(H,33,37)/t26-/m1/s1. The fourth-order valence-corrected chi connectivity index (χ4v) is 4.97. The number of carbonyl (C=O) groups is 3. The lowest BCUT2D eigenvalue weighted by Crippen LogP contribution is -2.44. The van der Waals surface area contributed by atoms with Crippen molar-refractivity contribution in [2.24, 2.45) is 5.73 Å². The van der Waals surface area contributed by atoms with Gasteiger partial charge in [-0.3, -0.25) is 19.3 Å². The Balaban J connectivity index is 1.84. The van der Waals surface area contributed by atoms with Gasteiger partial charge in [0.25, 0.3) is 11.8 Å². The summed E-state index contributed by atoms with van der Waals surface area (Å²) in [5.74, 6) is -0.971. The molecule has 0 aliphatic carbocycles. The minimum atomic E-state index is -1.09. The third-order valence-corrected chi connectivity index (χ3v) is 7.31. The molecule has 206 valence electrons. The van der Waals surface area contributed by atoms with Crippen LogP contribution in [0, 0.1) is 0 Å². The number of benzene rings is 3. The topological polar surface area (TPSA) is 141 Å². The van der Waals surface area contributed by atoms with Crippen molar-refractivity contribution in [1.29, 1.82) is 0 Å². The van der Waals surface area contributed by atoms with Crippen molar-refractivity contribution in [3.63, 3.8) is 0 Å². The molecule has 9 nitrogen and oxygen atoms in total. The van der Waals surface area contributed by atoms with Crippen molar-refractivity contribution in [2.75, 3.05) is 17.7 Å². The minimum Gasteiger partial charge on any atom is -0.497 e. The van der Waals surface area contributed by atoms with E-state index in [-0.39, 0.29) is 28.7 Å². The second-order valence-electron chi connectivity index (χ2n) is 9.44. The van der Waals surface area contributed by atoms with Crippen LogP contribution in [0.5, 0.6) is 5.75 Å². The molecule has 0 aliphatic rings. The Morgan fingerprint density at radius 2 is 1.57 bits per heavy atom. The highest BCUT2D eigenvalue weighted by Gasteiger charge is 2.36. The number of rotatable bonds is 10. The van der Waals surface area contributed by atoms with Crippen molar-refractivity contribution in [3.8, 4) is 5.75 Å². The van der Waals surface area contributed by atoms with Crippen LogP contribution in [0.1, 0.15) is 62.7 Å². The molecule has 0 saturated carbocycles. The number of anilines is 2. The zero-order valence-electron chi connectivity index (χ0n) is 22.5. The Labute approximate surface area is 236 Å². The summed E-state index contributed by atoms with van der Waals surface area (Å²) in [4.78, 5) is 41.4. The Kier molecular flexibility index (Phi) is 8.80. The van der Waals surface area contributed by atoms with E-state index in [4.69, 9.17) is 16.2 Å². The number of methoxy groups -OCH3 is 1. The average molecular weight is 558 g/mol. The molecule has 4 rings (SSSR count). The average Bonchev–Trinajstić information content (AvgIpc) is 3.36. The van der Waals surface area contributed by atoms with Crippen LogP contribution in [0.2, 0.25) is 0 Å². The largest absolute Gasteiger partial charge is 0.497 e. The first-order valence-corrected chi connectivity index (χ1v) is 13.4. The van der Waals surface area contributed by atoms with Crippen LogP contribution < -0.4 is 26.4 Å². The van der Waals surface area contributed by atoms with Crippen LogP contribution >= 0.6 is 11.5 Å². The zero-order valence-corrected chi connectivity index (χ0v) is 23.3. The maximum atomic E-state index is 14.2. The number of hydrogen-bond acceptors (Lipinski definition) is 7. The molecule has 0 saturated heterocycles. The summed E-state index contributed by atoms with van der Waals surface area (Å²) in [7, 11) is 1.55. The van der Waals surface area contributed by atoms with E-state index in [0.29, 0.717) is 17.0 Å². The lowest BCUT2D eigenvalue weighted by Gasteiger charge is -2.31. The van der Waals surface area contributed by atoms with Crippen LogP contribution in [-0.2, 0) is 11.3 Å². The normalized spacial score (nSPS) is 11.6. The first-order chi connectivity index (χ1) is 19.2. The molecule has 3 aromatic carbocycles. The molecular weight excluding hydrogens is 526 g/mol.